The second kappa shape index (κ2) is 5.61. The third-order valence-electron chi connectivity index (χ3n) is 3.00. The number of thiophene rings is 1. The van der Waals surface area contributed by atoms with Crippen molar-refractivity contribution in [3.63, 3.8) is 0 Å². The maximum atomic E-state index is 9.38. The van der Waals surface area contributed by atoms with E-state index in [-0.39, 0.29) is 0 Å². The van der Waals surface area contributed by atoms with Gasteiger partial charge in [-0.25, -0.2) is 0 Å². The molecule has 3 heteroatoms. The highest BCUT2D eigenvalue weighted by Gasteiger charge is 2.14. The highest BCUT2D eigenvalue weighted by molar-refractivity contribution is 7.11. The van der Waals surface area contributed by atoms with Crippen molar-refractivity contribution in [2.75, 3.05) is 0 Å². The highest BCUT2D eigenvalue weighted by Crippen LogP contribution is 2.35. The molecule has 1 nitrogen and oxygen atoms in total. The van der Waals surface area contributed by atoms with Crippen LogP contribution >= 0.6 is 22.9 Å². The average Bonchev–Trinajstić information content (AvgIpc) is 2.82. The van der Waals surface area contributed by atoms with Gasteiger partial charge in [-0.1, -0.05) is 35.4 Å². The number of nitriles is 1. The van der Waals surface area contributed by atoms with Crippen LogP contribution in [0.15, 0.2) is 29.6 Å². The molecule has 0 fully saturated rings. The van der Waals surface area contributed by atoms with Crippen LogP contribution in [0.4, 0.5) is 0 Å². The zero-order valence-electron chi connectivity index (χ0n) is 11.1. The van der Waals surface area contributed by atoms with Crippen molar-refractivity contribution in [2.45, 2.75) is 20.8 Å². The van der Waals surface area contributed by atoms with E-state index in [1.165, 1.54) is 16.9 Å². The van der Waals surface area contributed by atoms with Gasteiger partial charge >= 0.3 is 0 Å². The number of allylic oxidation sites excluding steroid dienone is 1. The van der Waals surface area contributed by atoms with Gasteiger partial charge < -0.3 is 0 Å². The van der Waals surface area contributed by atoms with E-state index >= 15 is 0 Å². The van der Waals surface area contributed by atoms with Crippen LogP contribution in [0.5, 0.6) is 0 Å². The van der Waals surface area contributed by atoms with Crippen molar-refractivity contribution in [1.29, 1.82) is 5.26 Å². The minimum atomic E-state index is 0.542. The summed E-state index contributed by atoms with van der Waals surface area (Å²) >= 11 is 8.02. The SMILES string of the molecule is Cc1cc(C)c(C(Cl)=C(C#N)c2cccs2)c(C)c1. The van der Waals surface area contributed by atoms with Crippen molar-refractivity contribution in [3.8, 4) is 6.07 Å². The van der Waals surface area contributed by atoms with Crippen LogP contribution < -0.4 is 0 Å². The Morgan fingerprint density at radius 2 is 1.84 bits per heavy atom. The third kappa shape index (κ3) is 2.73. The molecule has 0 aliphatic rings. The Balaban J connectivity index is 2.67. The Morgan fingerprint density at radius 1 is 1.21 bits per heavy atom. The predicted molar refractivity (Wildman–Crippen MR) is 83.3 cm³/mol. The van der Waals surface area contributed by atoms with Gasteiger partial charge in [-0.3, -0.25) is 0 Å². The minimum Gasteiger partial charge on any atom is -0.192 e. The molecule has 0 radical (unpaired) electrons. The first-order valence-electron chi connectivity index (χ1n) is 5.96. The van der Waals surface area contributed by atoms with E-state index < -0.39 is 0 Å². The highest BCUT2D eigenvalue weighted by atomic mass is 35.5. The number of aryl methyl sites for hydroxylation is 3. The summed E-state index contributed by atoms with van der Waals surface area (Å²) in [6.07, 6.45) is 0. The fourth-order valence-corrected chi connectivity index (χ4v) is 3.51. The monoisotopic (exact) mass is 287 g/mol. The van der Waals surface area contributed by atoms with Gasteiger partial charge in [0.2, 0.25) is 0 Å². The molecule has 1 aromatic heterocycles. The van der Waals surface area contributed by atoms with Gasteiger partial charge in [-0.15, -0.1) is 11.3 Å². The van der Waals surface area contributed by atoms with Crippen molar-refractivity contribution < 1.29 is 0 Å². The first kappa shape index (κ1) is 13.9. The van der Waals surface area contributed by atoms with Gasteiger partial charge in [0.05, 0.1) is 10.6 Å². The Bertz CT molecular complexity index is 652. The van der Waals surface area contributed by atoms with E-state index in [0.717, 1.165) is 21.6 Å². The molecule has 0 amide bonds. The molecular weight excluding hydrogens is 274 g/mol. The Kier molecular flexibility index (Phi) is 4.09. The van der Waals surface area contributed by atoms with Crippen LogP contribution in [0.25, 0.3) is 10.6 Å². The molecule has 0 saturated carbocycles. The molecule has 1 heterocycles. The van der Waals surface area contributed by atoms with Crippen LogP contribution in [0.1, 0.15) is 27.1 Å². The van der Waals surface area contributed by atoms with Crippen molar-refractivity contribution in [1.82, 2.24) is 0 Å². The summed E-state index contributed by atoms with van der Waals surface area (Å²) in [5.41, 5.74) is 4.93. The van der Waals surface area contributed by atoms with E-state index in [2.05, 4.69) is 25.1 Å². The topological polar surface area (TPSA) is 23.8 Å². The predicted octanol–water partition coefficient (Wildman–Crippen LogP) is 5.30. The lowest BCUT2D eigenvalue weighted by Gasteiger charge is -2.11. The van der Waals surface area contributed by atoms with E-state index in [0.29, 0.717) is 10.6 Å². The first-order chi connectivity index (χ1) is 9.04. The first-order valence-corrected chi connectivity index (χ1v) is 7.22. The molecule has 1 aromatic carbocycles. The molecule has 2 rings (SSSR count). The fourth-order valence-electron chi connectivity index (χ4n) is 2.28. The second-order valence-electron chi connectivity index (χ2n) is 4.55. The second-order valence-corrected chi connectivity index (χ2v) is 5.88. The number of hydrogen-bond acceptors (Lipinski definition) is 2. The molecule has 0 N–H and O–H groups in total. The summed E-state index contributed by atoms with van der Waals surface area (Å²) in [4.78, 5) is 0.909. The Hall–Kier alpha value is -1.56. The maximum absolute atomic E-state index is 9.38. The molecule has 0 bridgehead atoms. The van der Waals surface area contributed by atoms with Gasteiger partial charge in [0.1, 0.15) is 6.07 Å². The summed E-state index contributed by atoms with van der Waals surface area (Å²) < 4.78 is 0. The number of nitrogens with zero attached hydrogens (tertiary/aromatic N) is 1. The van der Waals surface area contributed by atoms with Crippen LogP contribution in [0.3, 0.4) is 0 Å². The zero-order chi connectivity index (χ0) is 14.0. The number of halogens is 1. The summed E-state index contributed by atoms with van der Waals surface area (Å²) in [7, 11) is 0. The van der Waals surface area contributed by atoms with Crippen molar-refractivity contribution in [2.24, 2.45) is 0 Å². The van der Waals surface area contributed by atoms with Gasteiger partial charge in [-0.05, 0) is 43.3 Å². The number of rotatable bonds is 2. The maximum Gasteiger partial charge on any atom is 0.102 e. The smallest absolute Gasteiger partial charge is 0.102 e. The summed E-state index contributed by atoms with van der Waals surface area (Å²) in [5, 5.41) is 11.9. The lowest BCUT2D eigenvalue weighted by atomic mass is 9.97. The van der Waals surface area contributed by atoms with Crippen molar-refractivity contribution >= 4 is 33.5 Å². The van der Waals surface area contributed by atoms with Crippen LogP contribution in [0, 0.1) is 32.1 Å². The van der Waals surface area contributed by atoms with Crippen LogP contribution in [-0.2, 0) is 0 Å². The summed E-state index contributed by atoms with van der Waals surface area (Å²) in [6, 6.07) is 10.3. The molecule has 0 aliphatic heterocycles. The lowest BCUT2D eigenvalue weighted by Crippen LogP contribution is -1.93. The van der Waals surface area contributed by atoms with E-state index in [1.54, 1.807) is 0 Å². The third-order valence-corrected chi connectivity index (χ3v) is 4.26. The number of hydrogen-bond donors (Lipinski definition) is 0. The average molecular weight is 288 g/mol. The molecule has 0 unspecified atom stereocenters. The summed E-state index contributed by atoms with van der Waals surface area (Å²) in [6.45, 7) is 6.12. The van der Waals surface area contributed by atoms with Crippen LogP contribution in [-0.4, -0.2) is 0 Å². The van der Waals surface area contributed by atoms with E-state index in [4.69, 9.17) is 11.6 Å². The van der Waals surface area contributed by atoms with Crippen molar-refractivity contribution in [3.05, 3.63) is 56.8 Å². The standard InChI is InChI=1S/C16H14ClNS/c1-10-7-11(2)15(12(3)8-10)16(17)13(9-18)14-5-4-6-19-14/h4-8H,1-3H3. The molecule has 0 saturated heterocycles. The van der Waals surface area contributed by atoms with E-state index in [1.807, 2.05) is 31.4 Å². The zero-order valence-corrected chi connectivity index (χ0v) is 12.7. The molecule has 96 valence electrons. The lowest BCUT2D eigenvalue weighted by molar-refractivity contribution is 1.30. The fraction of sp³-hybridized carbons (Fsp3) is 0.188. The Labute approximate surface area is 122 Å². The van der Waals surface area contributed by atoms with Crippen LogP contribution in [0.2, 0.25) is 0 Å². The summed E-state index contributed by atoms with van der Waals surface area (Å²) in [5.74, 6) is 0. The minimum absolute atomic E-state index is 0.542. The van der Waals surface area contributed by atoms with Gasteiger partial charge in [0.15, 0.2) is 0 Å². The molecule has 19 heavy (non-hydrogen) atoms. The van der Waals surface area contributed by atoms with Gasteiger partial charge in [0.25, 0.3) is 0 Å². The molecule has 0 aliphatic carbocycles. The van der Waals surface area contributed by atoms with E-state index in [9.17, 15) is 5.26 Å². The van der Waals surface area contributed by atoms with Gasteiger partial charge in [-0.2, -0.15) is 5.26 Å². The molecule has 2 aromatic rings. The molecular formula is C16H14ClNS. The van der Waals surface area contributed by atoms with Gasteiger partial charge in [0, 0.05) is 10.4 Å². The number of benzene rings is 1. The Morgan fingerprint density at radius 3 is 2.32 bits per heavy atom. The normalized spacial score (nSPS) is 11.9. The molecule has 0 spiro atoms. The largest absolute Gasteiger partial charge is 0.192 e. The quantitative estimate of drug-likeness (QED) is 0.687. The molecule has 0 atom stereocenters.